The van der Waals surface area contributed by atoms with Crippen LogP contribution in [0.1, 0.15) is 310 Å². The number of hydrogen-bond donors (Lipinski definition) is 3. The normalized spacial score (nSPS) is 11.2. The summed E-state index contributed by atoms with van der Waals surface area (Å²) in [5.41, 5.74) is 1.90. The number of aromatic amines is 1. The lowest BCUT2D eigenvalue weighted by atomic mass is 10.0. The highest BCUT2D eigenvalue weighted by Crippen LogP contribution is 2.50. The number of aliphatic carboxylic acids is 1. The van der Waals surface area contributed by atoms with E-state index in [1.165, 1.54) is 244 Å². The molecule has 1 aromatic heterocycles. The van der Waals surface area contributed by atoms with Crippen LogP contribution in [0, 0.1) is 0 Å². The second-order valence-corrected chi connectivity index (χ2v) is 22.7. The fourth-order valence-corrected chi connectivity index (χ4v) is 10.4. The quantitative estimate of drug-likeness (QED) is 0.0436. The van der Waals surface area contributed by atoms with Crippen molar-refractivity contribution >= 4 is 35.5 Å². The molecule has 0 amide bonds. The van der Waals surface area contributed by atoms with E-state index in [2.05, 4.69) is 43.1 Å². The van der Waals surface area contributed by atoms with Gasteiger partial charge in [-0.1, -0.05) is 295 Å². The second-order valence-electron chi connectivity index (χ2n) is 19.7. The first kappa shape index (κ1) is 69.7. The average molecular weight is 1010 g/mol. The van der Waals surface area contributed by atoms with Crippen LogP contribution in [-0.4, -0.2) is 46.3 Å². The number of nitrogens with zero attached hydrogens (tertiary/aromatic N) is 2. The van der Waals surface area contributed by atoms with E-state index in [0.717, 1.165) is 43.1 Å². The molecular weight excluding hydrogens is 896 g/mol. The molecule has 1 heterocycles. The van der Waals surface area contributed by atoms with Gasteiger partial charge in [-0.3, -0.25) is 9.89 Å². The van der Waals surface area contributed by atoms with Crippen LogP contribution >= 0.6 is 6.72 Å². The van der Waals surface area contributed by atoms with E-state index in [1.54, 1.807) is 0 Å². The average Bonchev–Trinajstić information content (AvgIpc) is 3.83. The SMILES string of the molecule is CCCCCCCCCCCCCCCCCC(=O)O.CCCCCCCCCCCCCCCCCCOP(=S)(OCCCCCCCC)OCCCCCCCC.N.c1ccc2[nH]nnc2c1. The zero-order valence-electron chi connectivity index (χ0n) is 46.1. The molecule has 0 aliphatic heterocycles. The van der Waals surface area contributed by atoms with Crippen LogP contribution in [0.2, 0.25) is 0 Å². The van der Waals surface area contributed by atoms with Crippen molar-refractivity contribution in [2.24, 2.45) is 0 Å². The molecule has 2 aromatic rings. The molecular formula is C58H115N4O5PS. The van der Waals surface area contributed by atoms with Crippen LogP contribution in [-0.2, 0) is 30.2 Å². The second kappa shape index (κ2) is 57.5. The number of nitrogens with one attached hydrogen (secondary N) is 1. The van der Waals surface area contributed by atoms with Gasteiger partial charge in [0, 0.05) is 6.42 Å². The molecule has 9 nitrogen and oxygen atoms in total. The molecule has 0 saturated carbocycles. The van der Waals surface area contributed by atoms with Gasteiger partial charge >= 0.3 is 12.7 Å². The molecule has 0 radical (unpaired) electrons. The number of hydrogen-bond acceptors (Lipinski definition) is 8. The van der Waals surface area contributed by atoms with Crippen molar-refractivity contribution in [3.05, 3.63) is 24.3 Å². The van der Waals surface area contributed by atoms with Gasteiger partial charge in [-0.05, 0) is 49.6 Å². The van der Waals surface area contributed by atoms with Gasteiger partial charge in [-0.2, -0.15) is 0 Å². The lowest BCUT2D eigenvalue weighted by Gasteiger charge is -2.22. The van der Waals surface area contributed by atoms with E-state index in [1.807, 2.05) is 24.3 Å². The molecule has 0 fully saturated rings. The molecule has 0 bridgehead atoms. The number of fused-ring (bicyclic) bond motifs is 1. The van der Waals surface area contributed by atoms with Crippen LogP contribution in [0.3, 0.4) is 0 Å². The van der Waals surface area contributed by atoms with E-state index in [4.69, 9.17) is 30.5 Å². The maximum Gasteiger partial charge on any atom is 0.327 e. The Labute approximate surface area is 432 Å². The molecule has 0 spiro atoms. The zero-order valence-corrected chi connectivity index (χ0v) is 47.8. The van der Waals surface area contributed by atoms with Crippen molar-refractivity contribution in [2.45, 2.75) is 310 Å². The van der Waals surface area contributed by atoms with Crippen molar-refractivity contribution in [3.8, 4) is 0 Å². The predicted octanol–water partition coefficient (Wildman–Crippen LogP) is 20.7. The van der Waals surface area contributed by atoms with Crippen molar-refractivity contribution in [1.29, 1.82) is 0 Å². The Morgan fingerprint density at radius 1 is 0.449 bits per heavy atom. The first-order chi connectivity index (χ1) is 33.4. The molecule has 0 atom stereocenters. The van der Waals surface area contributed by atoms with E-state index in [9.17, 15) is 4.79 Å². The lowest BCUT2D eigenvalue weighted by Crippen LogP contribution is -2.04. The van der Waals surface area contributed by atoms with Gasteiger partial charge in [0.15, 0.2) is 0 Å². The highest BCUT2D eigenvalue weighted by molar-refractivity contribution is 8.07. The molecule has 408 valence electrons. The van der Waals surface area contributed by atoms with Crippen molar-refractivity contribution in [1.82, 2.24) is 21.6 Å². The third-order valence-electron chi connectivity index (χ3n) is 13.0. The Bertz CT molecular complexity index is 1280. The number of aromatic nitrogens is 3. The summed E-state index contributed by atoms with van der Waals surface area (Å²) in [7, 11) is 0. The van der Waals surface area contributed by atoms with Crippen LogP contribution in [0.25, 0.3) is 11.0 Å². The predicted molar refractivity (Wildman–Crippen MR) is 305 cm³/mol. The van der Waals surface area contributed by atoms with Crippen molar-refractivity contribution in [3.63, 3.8) is 0 Å². The Kier molecular flexibility index (Phi) is 58.0. The summed E-state index contributed by atoms with van der Waals surface area (Å²) in [6.07, 6.45) is 57.3. The number of para-hydroxylation sites is 1. The van der Waals surface area contributed by atoms with Gasteiger partial charge in [0.25, 0.3) is 0 Å². The molecule has 69 heavy (non-hydrogen) atoms. The number of carboxylic acid groups (broad SMARTS) is 1. The maximum atomic E-state index is 10.3. The van der Waals surface area contributed by atoms with E-state index in [-0.39, 0.29) is 6.15 Å². The summed E-state index contributed by atoms with van der Waals surface area (Å²) in [5.74, 6) is -0.653. The van der Waals surface area contributed by atoms with E-state index in [0.29, 0.717) is 26.2 Å². The summed E-state index contributed by atoms with van der Waals surface area (Å²) in [6.45, 7) is 8.53. The Balaban J connectivity index is 0. The molecule has 0 saturated heterocycles. The lowest BCUT2D eigenvalue weighted by molar-refractivity contribution is -0.137. The third-order valence-corrected chi connectivity index (χ3v) is 15.4. The van der Waals surface area contributed by atoms with E-state index < -0.39 is 12.7 Å². The molecule has 0 aliphatic carbocycles. The van der Waals surface area contributed by atoms with Gasteiger partial charge in [0.05, 0.1) is 25.3 Å². The number of rotatable bonds is 50. The summed E-state index contributed by atoms with van der Waals surface area (Å²) in [6, 6.07) is 7.74. The molecule has 2 rings (SSSR count). The Hall–Kier alpha value is -1.42. The fourth-order valence-electron chi connectivity index (χ4n) is 8.49. The highest BCUT2D eigenvalue weighted by atomic mass is 32.5. The van der Waals surface area contributed by atoms with Crippen LogP contribution < -0.4 is 6.15 Å². The number of benzene rings is 1. The summed E-state index contributed by atoms with van der Waals surface area (Å²) in [4.78, 5) is 10.3. The molecule has 0 unspecified atom stereocenters. The number of carboxylic acids is 1. The van der Waals surface area contributed by atoms with E-state index >= 15 is 0 Å². The van der Waals surface area contributed by atoms with Crippen LogP contribution in [0.15, 0.2) is 24.3 Å². The topological polar surface area (TPSA) is 142 Å². The number of unbranched alkanes of at least 4 members (excludes halogenated alkanes) is 39. The van der Waals surface area contributed by atoms with Crippen LogP contribution in [0.4, 0.5) is 0 Å². The van der Waals surface area contributed by atoms with Gasteiger partial charge < -0.3 is 24.8 Å². The third kappa shape index (κ3) is 52.7. The molecule has 11 heteroatoms. The molecule has 5 N–H and O–H groups in total. The number of H-pyrrole nitrogens is 1. The standard InChI is InChI=1S/C34H71O3PS.C18H36O2.C6H5N3.H3N/c1-4-7-10-13-16-17-18-19-20-21-22-23-24-25-28-31-34-37-38(39,35-32-29-26-14-11-8-5-2)36-33-30-27-15-12-9-6-3;1-2-3-4-5-6-7-8-9-10-11-12-13-14-15-16-17-18(19)20;1-2-4-6-5(3-1)7-9-8-6;/h4-34H2,1-3H3;2-17H2,1H3,(H,19,20);1-4H,(H,7,8,9);1H3. The summed E-state index contributed by atoms with van der Waals surface area (Å²) in [5, 5.41) is 18.7. The molecule has 0 aliphatic rings. The molecule has 1 aromatic carbocycles. The minimum absolute atomic E-state index is 0. The van der Waals surface area contributed by atoms with Crippen molar-refractivity contribution in [2.75, 3.05) is 19.8 Å². The number of carbonyl (C=O) groups is 1. The first-order valence-electron chi connectivity index (χ1n) is 29.4. The highest BCUT2D eigenvalue weighted by Gasteiger charge is 2.20. The minimum Gasteiger partial charge on any atom is -0.481 e. The summed E-state index contributed by atoms with van der Waals surface area (Å²) >= 11 is 5.80. The van der Waals surface area contributed by atoms with Gasteiger partial charge in [0.1, 0.15) is 5.52 Å². The van der Waals surface area contributed by atoms with Gasteiger partial charge in [-0.25, -0.2) is 0 Å². The van der Waals surface area contributed by atoms with Crippen molar-refractivity contribution < 1.29 is 23.5 Å². The van der Waals surface area contributed by atoms with Crippen LogP contribution in [0.5, 0.6) is 0 Å². The summed E-state index contributed by atoms with van der Waals surface area (Å²) < 4.78 is 18.3. The minimum atomic E-state index is -2.60. The fraction of sp³-hybridized carbons (Fsp3) is 0.879. The smallest absolute Gasteiger partial charge is 0.327 e. The van der Waals surface area contributed by atoms with Gasteiger partial charge in [-0.15, -0.1) is 5.10 Å². The zero-order chi connectivity index (χ0) is 49.5. The maximum absolute atomic E-state index is 10.3. The van der Waals surface area contributed by atoms with Gasteiger partial charge in [0.2, 0.25) is 0 Å². The Morgan fingerprint density at radius 3 is 0.986 bits per heavy atom. The Morgan fingerprint density at radius 2 is 0.710 bits per heavy atom. The monoisotopic (exact) mass is 1010 g/mol. The largest absolute Gasteiger partial charge is 0.481 e. The first-order valence-corrected chi connectivity index (χ1v) is 32.0.